The van der Waals surface area contributed by atoms with Crippen LogP contribution in [0, 0.1) is 10.1 Å². The Morgan fingerprint density at radius 1 is 1.59 bits per heavy atom. The van der Waals surface area contributed by atoms with Crippen molar-refractivity contribution in [3.05, 3.63) is 27.1 Å². The number of amides is 1. The SMILES string of the molecule is CC(C)NC(=O)CNCc1csc([N+](=O)[O-])c1. The van der Waals surface area contributed by atoms with Crippen molar-refractivity contribution in [3.63, 3.8) is 0 Å². The van der Waals surface area contributed by atoms with Crippen molar-refractivity contribution in [2.75, 3.05) is 6.54 Å². The molecule has 1 rings (SSSR count). The second-order valence-corrected chi connectivity index (χ2v) is 4.77. The molecular weight excluding hydrogens is 242 g/mol. The zero-order valence-corrected chi connectivity index (χ0v) is 10.5. The standard InChI is InChI=1S/C10H15N3O3S/c1-7(2)12-9(14)5-11-4-8-3-10(13(15)16)17-6-8/h3,6-7,11H,4-5H2,1-2H3,(H,12,14). The molecule has 1 heterocycles. The van der Waals surface area contributed by atoms with E-state index in [0.29, 0.717) is 6.54 Å². The molecule has 1 aromatic rings. The third-order valence-electron chi connectivity index (χ3n) is 1.88. The highest BCUT2D eigenvalue weighted by Gasteiger charge is 2.09. The molecule has 0 radical (unpaired) electrons. The third kappa shape index (κ3) is 4.92. The van der Waals surface area contributed by atoms with Gasteiger partial charge in [-0.1, -0.05) is 11.3 Å². The van der Waals surface area contributed by atoms with Gasteiger partial charge >= 0.3 is 5.00 Å². The first-order chi connectivity index (χ1) is 7.99. The highest BCUT2D eigenvalue weighted by atomic mass is 32.1. The Morgan fingerprint density at radius 3 is 2.82 bits per heavy atom. The van der Waals surface area contributed by atoms with Crippen LogP contribution < -0.4 is 10.6 Å². The van der Waals surface area contributed by atoms with Crippen LogP contribution in [0.4, 0.5) is 5.00 Å². The molecule has 17 heavy (non-hydrogen) atoms. The number of hydrogen-bond donors (Lipinski definition) is 2. The number of nitro groups is 1. The summed E-state index contributed by atoms with van der Waals surface area (Å²) < 4.78 is 0. The van der Waals surface area contributed by atoms with Gasteiger partial charge in [-0.05, 0) is 19.4 Å². The summed E-state index contributed by atoms with van der Waals surface area (Å²) in [4.78, 5) is 21.3. The highest BCUT2D eigenvalue weighted by molar-refractivity contribution is 7.13. The van der Waals surface area contributed by atoms with Crippen LogP contribution in [0.2, 0.25) is 0 Å². The van der Waals surface area contributed by atoms with Gasteiger partial charge in [-0.15, -0.1) is 0 Å². The summed E-state index contributed by atoms with van der Waals surface area (Å²) in [6, 6.07) is 1.63. The Morgan fingerprint density at radius 2 is 2.29 bits per heavy atom. The molecule has 0 aliphatic carbocycles. The van der Waals surface area contributed by atoms with Crippen LogP contribution in [0.5, 0.6) is 0 Å². The highest BCUT2D eigenvalue weighted by Crippen LogP contribution is 2.22. The topological polar surface area (TPSA) is 84.3 Å². The zero-order chi connectivity index (χ0) is 12.8. The molecule has 0 spiro atoms. The van der Waals surface area contributed by atoms with Crippen molar-refractivity contribution in [1.82, 2.24) is 10.6 Å². The number of thiophene rings is 1. The van der Waals surface area contributed by atoms with E-state index in [1.165, 1.54) is 6.07 Å². The fourth-order valence-electron chi connectivity index (χ4n) is 1.24. The molecule has 0 bridgehead atoms. The summed E-state index contributed by atoms with van der Waals surface area (Å²) in [5.74, 6) is -0.0790. The monoisotopic (exact) mass is 257 g/mol. The molecule has 0 aromatic carbocycles. The van der Waals surface area contributed by atoms with Gasteiger partial charge in [0.1, 0.15) is 0 Å². The van der Waals surface area contributed by atoms with Crippen LogP contribution >= 0.6 is 11.3 Å². The van der Waals surface area contributed by atoms with E-state index >= 15 is 0 Å². The smallest absolute Gasteiger partial charge is 0.324 e. The van der Waals surface area contributed by atoms with Crippen molar-refractivity contribution >= 4 is 22.2 Å². The van der Waals surface area contributed by atoms with Gasteiger partial charge < -0.3 is 10.6 Å². The second kappa shape index (κ2) is 6.31. The van der Waals surface area contributed by atoms with Crippen molar-refractivity contribution in [2.24, 2.45) is 0 Å². The summed E-state index contributed by atoms with van der Waals surface area (Å²) in [5.41, 5.74) is 0.819. The number of rotatable bonds is 6. The summed E-state index contributed by atoms with van der Waals surface area (Å²) >= 11 is 1.09. The fraction of sp³-hybridized carbons (Fsp3) is 0.500. The molecule has 0 saturated heterocycles. The van der Waals surface area contributed by atoms with E-state index in [0.717, 1.165) is 16.9 Å². The van der Waals surface area contributed by atoms with Crippen LogP contribution in [0.25, 0.3) is 0 Å². The summed E-state index contributed by atoms with van der Waals surface area (Å²) in [6.07, 6.45) is 0. The van der Waals surface area contributed by atoms with Crippen molar-refractivity contribution in [3.8, 4) is 0 Å². The predicted octanol–water partition coefficient (Wildman–Crippen LogP) is 1.27. The van der Waals surface area contributed by atoms with Gasteiger partial charge in [0.25, 0.3) is 0 Å². The van der Waals surface area contributed by atoms with Gasteiger partial charge in [0.15, 0.2) is 0 Å². The lowest BCUT2D eigenvalue weighted by Crippen LogP contribution is -2.37. The maximum atomic E-state index is 11.3. The molecule has 94 valence electrons. The van der Waals surface area contributed by atoms with Crippen LogP contribution in [-0.4, -0.2) is 23.4 Å². The maximum absolute atomic E-state index is 11.3. The predicted molar refractivity (Wildman–Crippen MR) is 66.0 cm³/mol. The lowest BCUT2D eigenvalue weighted by molar-refractivity contribution is -0.380. The summed E-state index contributed by atoms with van der Waals surface area (Å²) in [7, 11) is 0. The van der Waals surface area contributed by atoms with E-state index in [-0.39, 0.29) is 23.5 Å². The molecule has 2 N–H and O–H groups in total. The molecule has 0 aliphatic heterocycles. The first-order valence-electron chi connectivity index (χ1n) is 5.21. The quantitative estimate of drug-likeness (QED) is 0.593. The number of carbonyl (C=O) groups excluding carboxylic acids is 1. The molecule has 0 saturated carbocycles. The largest absolute Gasteiger partial charge is 0.353 e. The third-order valence-corrected chi connectivity index (χ3v) is 2.81. The lowest BCUT2D eigenvalue weighted by atomic mass is 10.3. The Kier molecular flexibility index (Phi) is 5.05. The summed E-state index contributed by atoms with van der Waals surface area (Å²) in [6.45, 7) is 4.44. The normalized spacial score (nSPS) is 10.5. The Hall–Kier alpha value is -1.47. The van der Waals surface area contributed by atoms with Gasteiger partial charge in [0.05, 0.1) is 11.5 Å². The molecule has 0 atom stereocenters. The average molecular weight is 257 g/mol. The molecule has 0 fully saturated rings. The number of carbonyl (C=O) groups is 1. The number of nitrogens with zero attached hydrogens (tertiary/aromatic N) is 1. The van der Waals surface area contributed by atoms with Gasteiger partial charge in [0, 0.05) is 24.0 Å². The van der Waals surface area contributed by atoms with E-state index in [9.17, 15) is 14.9 Å². The minimum absolute atomic E-state index is 0.0790. The Balaban J connectivity index is 2.31. The van der Waals surface area contributed by atoms with Crippen molar-refractivity contribution < 1.29 is 9.72 Å². The average Bonchev–Trinajstić information content (AvgIpc) is 2.65. The number of hydrogen-bond acceptors (Lipinski definition) is 5. The van der Waals surface area contributed by atoms with E-state index in [4.69, 9.17) is 0 Å². The van der Waals surface area contributed by atoms with Crippen LogP contribution in [-0.2, 0) is 11.3 Å². The maximum Gasteiger partial charge on any atom is 0.324 e. The van der Waals surface area contributed by atoms with Gasteiger partial charge in [-0.25, -0.2) is 0 Å². The zero-order valence-electron chi connectivity index (χ0n) is 9.73. The second-order valence-electron chi connectivity index (χ2n) is 3.88. The van der Waals surface area contributed by atoms with E-state index in [2.05, 4.69) is 10.6 Å². The van der Waals surface area contributed by atoms with Crippen LogP contribution in [0.1, 0.15) is 19.4 Å². The molecule has 1 aromatic heterocycles. The van der Waals surface area contributed by atoms with Crippen molar-refractivity contribution in [2.45, 2.75) is 26.4 Å². The van der Waals surface area contributed by atoms with Gasteiger partial charge in [-0.3, -0.25) is 14.9 Å². The van der Waals surface area contributed by atoms with Crippen LogP contribution in [0.15, 0.2) is 11.4 Å². The Bertz CT molecular complexity index is 403. The van der Waals surface area contributed by atoms with Crippen molar-refractivity contribution in [1.29, 1.82) is 0 Å². The van der Waals surface area contributed by atoms with Gasteiger partial charge in [0.2, 0.25) is 5.91 Å². The van der Waals surface area contributed by atoms with E-state index < -0.39 is 4.92 Å². The fourth-order valence-corrected chi connectivity index (χ4v) is 1.97. The first kappa shape index (κ1) is 13.6. The molecule has 7 heteroatoms. The lowest BCUT2D eigenvalue weighted by Gasteiger charge is -2.08. The number of nitrogens with one attached hydrogen (secondary N) is 2. The summed E-state index contributed by atoms with van der Waals surface area (Å²) in [5, 5.41) is 18.0. The minimum atomic E-state index is -0.417. The van der Waals surface area contributed by atoms with E-state index in [1.54, 1.807) is 5.38 Å². The molecule has 0 unspecified atom stereocenters. The minimum Gasteiger partial charge on any atom is -0.353 e. The Labute approximate surface area is 103 Å². The molecular formula is C10H15N3O3S. The molecule has 6 nitrogen and oxygen atoms in total. The van der Waals surface area contributed by atoms with Crippen LogP contribution in [0.3, 0.4) is 0 Å². The first-order valence-corrected chi connectivity index (χ1v) is 6.09. The molecule has 1 amide bonds. The molecule has 0 aliphatic rings. The van der Waals surface area contributed by atoms with Gasteiger partial charge in [-0.2, -0.15) is 0 Å². The van der Waals surface area contributed by atoms with E-state index in [1.807, 2.05) is 13.8 Å².